The maximum atomic E-state index is 13.3. The number of methoxy groups -OCH3 is 1. The third kappa shape index (κ3) is 2.13. The monoisotopic (exact) mass is 269 g/mol. The van der Waals surface area contributed by atoms with E-state index < -0.39 is 0 Å². The van der Waals surface area contributed by atoms with Gasteiger partial charge in [0.2, 0.25) is 0 Å². The lowest BCUT2D eigenvalue weighted by Gasteiger charge is -2.05. The van der Waals surface area contributed by atoms with E-state index in [1.165, 1.54) is 19.1 Å². The zero-order valence-corrected chi connectivity index (χ0v) is 10.9. The molecule has 0 fully saturated rings. The molecule has 0 amide bonds. The van der Waals surface area contributed by atoms with Crippen LogP contribution in [0.15, 0.2) is 18.2 Å². The number of fused-ring (bicyclic) bond motifs is 1. The average molecular weight is 270 g/mol. The van der Waals surface area contributed by atoms with Gasteiger partial charge in [-0.15, -0.1) is 0 Å². The van der Waals surface area contributed by atoms with Crippen molar-refractivity contribution in [1.29, 1.82) is 0 Å². The first-order valence-electron chi connectivity index (χ1n) is 5.53. The second kappa shape index (κ2) is 5.08. The normalized spacial score (nSPS) is 11.1. The van der Waals surface area contributed by atoms with Crippen LogP contribution in [-0.4, -0.2) is 24.1 Å². The summed E-state index contributed by atoms with van der Waals surface area (Å²) >= 11 is 6.20. The van der Waals surface area contributed by atoms with Gasteiger partial charge in [-0.3, -0.25) is 4.79 Å². The molecule has 0 aliphatic heterocycles. The van der Waals surface area contributed by atoms with E-state index in [4.69, 9.17) is 16.3 Å². The minimum atomic E-state index is -0.384. The molecule has 0 spiro atoms. The van der Waals surface area contributed by atoms with E-state index in [0.717, 1.165) is 5.52 Å². The Morgan fingerprint density at radius 3 is 2.83 bits per heavy atom. The lowest BCUT2D eigenvalue weighted by Crippen LogP contribution is -2.04. The number of ketones is 1. The second-order valence-electron chi connectivity index (χ2n) is 4.03. The molecule has 1 aromatic heterocycles. The molecular formula is C13H13ClFNO2. The standard InChI is InChI=1S/C13H13ClFNO2/c1-8(17)12-10-7-9(15)3-4-11(10)16(13(12)14)5-6-18-2/h3-4,7H,5-6H2,1-2H3. The van der Waals surface area contributed by atoms with Crippen LogP contribution in [0.2, 0.25) is 5.15 Å². The zero-order valence-electron chi connectivity index (χ0n) is 10.2. The summed E-state index contributed by atoms with van der Waals surface area (Å²) in [6.07, 6.45) is 0. The van der Waals surface area contributed by atoms with Crippen molar-refractivity contribution in [3.8, 4) is 0 Å². The zero-order chi connectivity index (χ0) is 13.3. The number of carbonyl (C=O) groups is 1. The van der Waals surface area contributed by atoms with E-state index in [1.54, 1.807) is 17.7 Å². The van der Waals surface area contributed by atoms with Crippen molar-refractivity contribution in [1.82, 2.24) is 4.57 Å². The van der Waals surface area contributed by atoms with Gasteiger partial charge in [0.25, 0.3) is 0 Å². The molecule has 96 valence electrons. The van der Waals surface area contributed by atoms with E-state index in [0.29, 0.717) is 29.3 Å². The van der Waals surface area contributed by atoms with Gasteiger partial charge in [-0.25, -0.2) is 4.39 Å². The highest BCUT2D eigenvalue weighted by Gasteiger charge is 2.19. The van der Waals surface area contributed by atoms with E-state index in [1.807, 2.05) is 0 Å². The number of hydrogen-bond acceptors (Lipinski definition) is 2. The number of benzene rings is 1. The first-order valence-corrected chi connectivity index (χ1v) is 5.91. The molecule has 0 saturated carbocycles. The van der Waals surface area contributed by atoms with Crippen LogP contribution in [0.5, 0.6) is 0 Å². The van der Waals surface area contributed by atoms with Crippen LogP contribution in [0.4, 0.5) is 4.39 Å². The van der Waals surface area contributed by atoms with Gasteiger partial charge in [-0.05, 0) is 25.1 Å². The number of nitrogens with zero attached hydrogens (tertiary/aromatic N) is 1. The second-order valence-corrected chi connectivity index (χ2v) is 4.39. The lowest BCUT2D eigenvalue weighted by molar-refractivity contribution is 0.101. The lowest BCUT2D eigenvalue weighted by atomic mass is 10.1. The van der Waals surface area contributed by atoms with Crippen LogP contribution in [0, 0.1) is 5.82 Å². The van der Waals surface area contributed by atoms with E-state index >= 15 is 0 Å². The van der Waals surface area contributed by atoms with E-state index in [-0.39, 0.29) is 11.6 Å². The molecule has 0 atom stereocenters. The van der Waals surface area contributed by atoms with Crippen molar-refractivity contribution in [3.63, 3.8) is 0 Å². The number of aromatic nitrogens is 1. The van der Waals surface area contributed by atoms with Crippen molar-refractivity contribution < 1.29 is 13.9 Å². The smallest absolute Gasteiger partial charge is 0.163 e. The molecule has 0 aliphatic carbocycles. The summed E-state index contributed by atoms with van der Waals surface area (Å²) in [7, 11) is 1.59. The van der Waals surface area contributed by atoms with Crippen LogP contribution in [0.3, 0.4) is 0 Å². The molecule has 3 nitrogen and oxygen atoms in total. The summed E-state index contributed by atoms with van der Waals surface area (Å²) in [6.45, 7) is 2.41. The highest BCUT2D eigenvalue weighted by molar-refractivity contribution is 6.35. The van der Waals surface area contributed by atoms with Crippen LogP contribution in [0.1, 0.15) is 17.3 Å². The largest absolute Gasteiger partial charge is 0.383 e. The average Bonchev–Trinajstić information content (AvgIpc) is 2.58. The van der Waals surface area contributed by atoms with Crippen LogP contribution < -0.4 is 0 Å². The molecule has 0 N–H and O–H groups in total. The van der Waals surface area contributed by atoms with Gasteiger partial charge in [0.05, 0.1) is 17.7 Å². The van der Waals surface area contributed by atoms with Gasteiger partial charge >= 0.3 is 0 Å². The minimum absolute atomic E-state index is 0.174. The fraction of sp³-hybridized carbons (Fsp3) is 0.308. The number of Topliss-reactive ketones (excluding diaryl/α,β-unsaturated/α-hetero) is 1. The number of rotatable bonds is 4. The molecule has 1 aromatic carbocycles. The molecule has 1 heterocycles. The molecule has 0 saturated heterocycles. The maximum Gasteiger partial charge on any atom is 0.163 e. The molecule has 2 aromatic rings. The molecule has 0 aliphatic rings. The third-order valence-electron chi connectivity index (χ3n) is 2.83. The molecule has 0 radical (unpaired) electrons. The Balaban J connectivity index is 2.70. The van der Waals surface area contributed by atoms with Crippen molar-refractivity contribution >= 4 is 28.3 Å². The summed E-state index contributed by atoms with van der Waals surface area (Å²) < 4.78 is 20.0. The molecule has 18 heavy (non-hydrogen) atoms. The quantitative estimate of drug-likeness (QED) is 0.798. The van der Waals surface area contributed by atoms with Gasteiger partial charge in [0, 0.05) is 19.0 Å². The van der Waals surface area contributed by atoms with Crippen molar-refractivity contribution in [2.75, 3.05) is 13.7 Å². The number of halogens is 2. The van der Waals surface area contributed by atoms with Crippen molar-refractivity contribution in [2.24, 2.45) is 0 Å². The molecule has 2 rings (SSSR count). The number of carbonyl (C=O) groups excluding carboxylic acids is 1. The Hall–Kier alpha value is -1.39. The van der Waals surface area contributed by atoms with Crippen LogP contribution in [-0.2, 0) is 11.3 Å². The SMILES string of the molecule is COCCn1c(Cl)c(C(C)=O)c2cc(F)ccc21. The number of ether oxygens (including phenoxy) is 1. The summed E-state index contributed by atoms with van der Waals surface area (Å²) in [5.41, 5.74) is 1.10. The van der Waals surface area contributed by atoms with E-state index in [9.17, 15) is 9.18 Å². The van der Waals surface area contributed by atoms with Gasteiger partial charge < -0.3 is 9.30 Å². The Morgan fingerprint density at radius 1 is 1.50 bits per heavy atom. The predicted octanol–water partition coefficient (Wildman–Crippen LogP) is 3.28. The van der Waals surface area contributed by atoms with Crippen molar-refractivity contribution in [3.05, 3.63) is 34.7 Å². The maximum absolute atomic E-state index is 13.3. The highest BCUT2D eigenvalue weighted by atomic mass is 35.5. The summed E-state index contributed by atoms with van der Waals surface area (Å²) in [6, 6.07) is 4.31. The molecular weight excluding hydrogens is 257 g/mol. The van der Waals surface area contributed by atoms with Gasteiger partial charge in [-0.2, -0.15) is 0 Å². The first kappa shape index (κ1) is 13.1. The Morgan fingerprint density at radius 2 is 2.22 bits per heavy atom. The first-order chi connectivity index (χ1) is 8.56. The minimum Gasteiger partial charge on any atom is -0.383 e. The fourth-order valence-corrected chi connectivity index (χ4v) is 2.44. The van der Waals surface area contributed by atoms with E-state index in [2.05, 4.69) is 0 Å². The summed E-state index contributed by atoms with van der Waals surface area (Å²) in [5, 5.41) is 0.878. The van der Waals surface area contributed by atoms with Crippen molar-refractivity contribution in [2.45, 2.75) is 13.5 Å². The highest BCUT2D eigenvalue weighted by Crippen LogP contribution is 2.31. The topological polar surface area (TPSA) is 31.2 Å². The predicted molar refractivity (Wildman–Crippen MR) is 68.8 cm³/mol. The molecule has 0 bridgehead atoms. The summed E-state index contributed by atoms with van der Waals surface area (Å²) in [4.78, 5) is 11.6. The Labute approximate surface area is 109 Å². The van der Waals surface area contributed by atoms with Gasteiger partial charge in [-0.1, -0.05) is 11.6 Å². The molecule has 5 heteroatoms. The van der Waals surface area contributed by atoms with Crippen LogP contribution >= 0.6 is 11.6 Å². The Bertz CT molecular complexity index is 607. The fourth-order valence-electron chi connectivity index (χ4n) is 2.03. The Kier molecular flexibility index (Phi) is 3.68. The number of hydrogen-bond donors (Lipinski definition) is 0. The molecule has 0 unspecified atom stereocenters. The van der Waals surface area contributed by atoms with Crippen LogP contribution in [0.25, 0.3) is 10.9 Å². The van der Waals surface area contributed by atoms with Gasteiger partial charge in [0.15, 0.2) is 5.78 Å². The van der Waals surface area contributed by atoms with Gasteiger partial charge in [0.1, 0.15) is 11.0 Å². The third-order valence-corrected chi connectivity index (χ3v) is 3.23. The summed E-state index contributed by atoms with van der Waals surface area (Å²) in [5.74, 6) is -0.558.